The fourth-order valence-electron chi connectivity index (χ4n) is 6.21. The first kappa shape index (κ1) is 22.7. The zero-order chi connectivity index (χ0) is 23.1. The molecule has 1 amide bonds. The first-order valence-electron chi connectivity index (χ1n) is 11.8. The molecule has 3 aliphatic rings. The monoisotopic (exact) mass is 433 g/mol. The number of benzene rings is 1. The molecule has 1 saturated heterocycles. The van der Waals surface area contributed by atoms with Gasteiger partial charge in [-0.15, -0.1) is 0 Å². The lowest BCUT2D eigenvalue weighted by molar-refractivity contribution is -0.142. The molecule has 7 atom stereocenters. The molecule has 32 heavy (non-hydrogen) atoms. The second-order valence-electron chi connectivity index (χ2n) is 10.4. The fourth-order valence-corrected chi connectivity index (χ4v) is 6.21. The molecule has 1 aliphatic heterocycles. The highest BCUT2D eigenvalue weighted by molar-refractivity contribution is 6.13. The highest BCUT2D eigenvalue weighted by atomic mass is 16.3. The molecule has 1 aromatic rings. The van der Waals surface area contributed by atoms with Crippen LogP contribution in [0.2, 0.25) is 0 Å². The van der Waals surface area contributed by atoms with Crippen LogP contribution in [0.25, 0.3) is 0 Å². The standard InChI is InChI=1S/C28H35NO3/c1-18-9-8-12-22-15-19(2)20(3)25-23(16-21-10-6-5-7-11-21)29-26(31)28(22,25)24(30)13-14-27(4,32)17-18/h5-8,10-15,18,20,22-23,25,32H,9,16-17H2,1-4H3,(H,29,31)/b12-8+,14-13+/t18?,20-,22+,23+,25+,27-,28+/m1/s1. The highest BCUT2D eigenvalue weighted by Gasteiger charge is 2.64. The van der Waals surface area contributed by atoms with Gasteiger partial charge in [-0.05, 0) is 62.7 Å². The summed E-state index contributed by atoms with van der Waals surface area (Å²) < 4.78 is 0. The van der Waals surface area contributed by atoms with Gasteiger partial charge in [-0.25, -0.2) is 0 Å². The van der Waals surface area contributed by atoms with Gasteiger partial charge in [0.15, 0.2) is 5.78 Å². The van der Waals surface area contributed by atoms with E-state index in [1.165, 1.54) is 11.6 Å². The van der Waals surface area contributed by atoms with Gasteiger partial charge in [-0.3, -0.25) is 9.59 Å². The van der Waals surface area contributed by atoms with Gasteiger partial charge in [0.2, 0.25) is 5.91 Å². The molecule has 0 radical (unpaired) electrons. The second-order valence-corrected chi connectivity index (χ2v) is 10.4. The Bertz CT molecular complexity index is 974. The average Bonchev–Trinajstić information content (AvgIpc) is 3.02. The maximum Gasteiger partial charge on any atom is 0.235 e. The molecule has 1 unspecified atom stereocenters. The first-order chi connectivity index (χ1) is 15.1. The van der Waals surface area contributed by atoms with Crippen molar-refractivity contribution in [3.8, 4) is 0 Å². The smallest absolute Gasteiger partial charge is 0.235 e. The molecule has 0 aromatic heterocycles. The van der Waals surface area contributed by atoms with Gasteiger partial charge in [0.1, 0.15) is 5.41 Å². The van der Waals surface area contributed by atoms with Crippen molar-refractivity contribution in [2.75, 3.05) is 0 Å². The summed E-state index contributed by atoms with van der Waals surface area (Å²) in [5, 5.41) is 14.1. The molecule has 1 heterocycles. The molecular formula is C28H35NO3. The number of carbonyl (C=O) groups excluding carboxylic acids is 2. The number of rotatable bonds is 2. The Kier molecular flexibility index (Phi) is 6.02. The van der Waals surface area contributed by atoms with Crippen molar-refractivity contribution < 1.29 is 14.7 Å². The largest absolute Gasteiger partial charge is 0.386 e. The van der Waals surface area contributed by atoms with Crippen LogP contribution < -0.4 is 5.32 Å². The Balaban J connectivity index is 1.84. The van der Waals surface area contributed by atoms with Crippen molar-refractivity contribution in [1.82, 2.24) is 5.32 Å². The van der Waals surface area contributed by atoms with E-state index in [2.05, 4.69) is 56.4 Å². The third-order valence-electron chi connectivity index (χ3n) is 7.82. The minimum Gasteiger partial charge on any atom is -0.386 e. The van der Waals surface area contributed by atoms with Crippen LogP contribution in [0.3, 0.4) is 0 Å². The third kappa shape index (κ3) is 3.90. The van der Waals surface area contributed by atoms with E-state index in [1.807, 2.05) is 18.2 Å². The summed E-state index contributed by atoms with van der Waals surface area (Å²) in [5.74, 6) is -0.478. The average molecular weight is 434 g/mol. The van der Waals surface area contributed by atoms with E-state index >= 15 is 0 Å². The molecule has 0 saturated carbocycles. The number of ketones is 1. The number of carbonyl (C=O) groups is 2. The van der Waals surface area contributed by atoms with Crippen LogP contribution in [0.5, 0.6) is 0 Å². The van der Waals surface area contributed by atoms with Crippen LogP contribution in [0, 0.1) is 29.1 Å². The fraction of sp³-hybridized carbons (Fsp3) is 0.500. The van der Waals surface area contributed by atoms with Crippen LogP contribution in [0.4, 0.5) is 0 Å². The van der Waals surface area contributed by atoms with E-state index in [0.717, 1.165) is 12.0 Å². The number of amides is 1. The third-order valence-corrected chi connectivity index (χ3v) is 7.82. The topological polar surface area (TPSA) is 66.4 Å². The lowest BCUT2D eigenvalue weighted by atomic mass is 9.55. The van der Waals surface area contributed by atoms with E-state index in [9.17, 15) is 14.7 Å². The molecule has 1 aromatic carbocycles. The summed E-state index contributed by atoms with van der Waals surface area (Å²) in [7, 11) is 0. The van der Waals surface area contributed by atoms with Gasteiger partial charge in [-0.1, -0.05) is 68.0 Å². The number of hydrogen-bond donors (Lipinski definition) is 2. The van der Waals surface area contributed by atoms with E-state index in [4.69, 9.17) is 0 Å². The van der Waals surface area contributed by atoms with Gasteiger partial charge in [0, 0.05) is 17.9 Å². The van der Waals surface area contributed by atoms with Crippen molar-refractivity contribution in [3.05, 3.63) is 71.8 Å². The molecule has 0 bridgehead atoms. The number of hydrogen-bond acceptors (Lipinski definition) is 3. The van der Waals surface area contributed by atoms with Gasteiger partial charge < -0.3 is 10.4 Å². The highest BCUT2D eigenvalue weighted by Crippen LogP contribution is 2.54. The predicted octanol–water partition coefficient (Wildman–Crippen LogP) is 4.40. The van der Waals surface area contributed by atoms with Crippen molar-refractivity contribution in [2.45, 2.75) is 58.6 Å². The van der Waals surface area contributed by atoms with E-state index in [1.54, 1.807) is 13.0 Å². The molecule has 2 aliphatic carbocycles. The van der Waals surface area contributed by atoms with Crippen LogP contribution >= 0.6 is 0 Å². The molecule has 170 valence electrons. The van der Waals surface area contributed by atoms with Crippen molar-refractivity contribution in [2.24, 2.45) is 29.1 Å². The Labute approximate surface area is 191 Å². The Hall–Kier alpha value is -2.46. The zero-order valence-electron chi connectivity index (χ0n) is 19.5. The van der Waals surface area contributed by atoms with Crippen molar-refractivity contribution in [1.29, 1.82) is 0 Å². The molecule has 1 spiro atoms. The minimum absolute atomic E-state index is 0.0919. The lowest BCUT2D eigenvalue weighted by Crippen LogP contribution is -2.52. The van der Waals surface area contributed by atoms with E-state index in [0.29, 0.717) is 12.8 Å². The molecule has 2 N–H and O–H groups in total. The van der Waals surface area contributed by atoms with E-state index in [-0.39, 0.29) is 41.4 Å². The summed E-state index contributed by atoms with van der Waals surface area (Å²) >= 11 is 0. The SMILES string of the molecule is CC1=C[C@@H]2/C=C/CC(C)C[C@](C)(O)/C=C/C(=O)[C@@]23C(=O)N[C@@H](Cc2ccccc2)[C@@H]3[C@@H]1C. The summed E-state index contributed by atoms with van der Waals surface area (Å²) in [6, 6.07) is 10.0. The van der Waals surface area contributed by atoms with Gasteiger partial charge in [0.25, 0.3) is 0 Å². The quantitative estimate of drug-likeness (QED) is 0.536. The summed E-state index contributed by atoms with van der Waals surface area (Å²) in [4.78, 5) is 27.6. The van der Waals surface area contributed by atoms with Gasteiger partial charge in [0.05, 0.1) is 5.60 Å². The normalized spacial score (nSPS) is 41.5. The van der Waals surface area contributed by atoms with Gasteiger partial charge in [-0.2, -0.15) is 0 Å². The molecule has 1 fully saturated rings. The Morgan fingerprint density at radius 3 is 2.59 bits per heavy atom. The Morgan fingerprint density at radius 2 is 1.88 bits per heavy atom. The van der Waals surface area contributed by atoms with Crippen LogP contribution in [-0.2, 0) is 16.0 Å². The second kappa shape index (κ2) is 8.47. The maximum absolute atomic E-state index is 13.9. The number of allylic oxidation sites excluding steroid dienone is 5. The van der Waals surface area contributed by atoms with Crippen LogP contribution in [0.15, 0.2) is 66.3 Å². The van der Waals surface area contributed by atoms with Crippen LogP contribution in [0.1, 0.15) is 46.1 Å². The van der Waals surface area contributed by atoms with E-state index < -0.39 is 11.0 Å². The summed E-state index contributed by atoms with van der Waals surface area (Å²) in [6.07, 6.45) is 11.4. The summed E-state index contributed by atoms with van der Waals surface area (Å²) in [5.41, 5.74) is 0.105. The molecule has 4 nitrogen and oxygen atoms in total. The minimum atomic E-state index is -1.19. The van der Waals surface area contributed by atoms with Gasteiger partial charge >= 0.3 is 0 Å². The molecule has 4 rings (SSSR count). The van der Waals surface area contributed by atoms with Crippen molar-refractivity contribution in [3.63, 3.8) is 0 Å². The molecular weight excluding hydrogens is 398 g/mol. The lowest BCUT2D eigenvalue weighted by Gasteiger charge is -2.44. The zero-order valence-corrected chi connectivity index (χ0v) is 19.5. The number of nitrogens with one attached hydrogen (secondary N) is 1. The predicted molar refractivity (Wildman–Crippen MR) is 127 cm³/mol. The van der Waals surface area contributed by atoms with Crippen LogP contribution in [-0.4, -0.2) is 28.4 Å². The maximum atomic E-state index is 13.9. The van der Waals surface area contributed by atoms with Crippen molar-refractivity contribution >= 4 is 11.7 Å². The Morgan fingerprint density at radius 1 is 1.16 bits per heavy atom. The molecule has 4 heteroatoms. The first-order valence-corrected chi connectivity index (χ1v) is 11.8. The summed E-state index contributed by atoms with van der Waals surface area (Å²) in [6.45, 7) is 8.09. The number of aliphatic hydroxyl groups is 1.